The van der Waals surface area contributed by atoms with Crippen LogP contribution < -0.4 is 9.80 Å². The number of carbonyl (C=O) groups is 1. The van der Waals surface area contributed by atoms with Crippen LogP contribution in [0, 0.1) is 13.8 Å². The Balaban J connectivity index is 1.65. The second kappa shape index (κ2) is 8.39. The first-order valence-corrected chi connectivity index (χ1v) is 10.6. The van der Waals surface area contributed by atoms with E-state index in [1.54, 1.807) is 11.3 Å². The fourth-order valence-electron chi connectivity index (χ4n) is 3.50. The van der Waals surface area contributed by atoms with Gasteiger partial charge in [-0.3, -0.25) is 9.69 Å². The summed E-state index contributed by atoms with van der Waals surface area (Å²) in [5, 5.41) is 0.783. The molecule has 1 aliphatic rings. The number of anilines is 1. The third-order valence-electron chi connectivity index (χ3n) is 5.39. The van der Waals surface area contributed by atoms with E-state index in [4.69, 9.17) is 9.72 Å². The number of aryl methyl sites for hydroxylation is 2. The monoisotopic (exact) mass is 396 g/mol. The third-order valence-corrected chi connectivity index (χ3v) is 6.43. The highest BCUT2D eigenvalue weighted by atomic mass is 32.1. The number of aromatic nitrogens is 1. The summed E-state index contributed by atoms with van der Waals surface area (Å²) in [6, 6.07) is 14.4. The summed E-state index contributed by atoms with van der Waals surface area (Å²) >= 11 is 1.60. The van der Waals surface area contributed by atoms with E-state index in [1.807, 2.05) is 23.1 Å². The van der Waals surface area contributed by atoms with Gasteiger partial charge in [-0.05, 0) is 36.6 Å². The standard InChI is InChI=1S/C22H25N3O2S/c1-16-8-9-19-21(17(16)2)23-22(28-19)25(14-18-6-4-3-5-7-18)20(26)15-24-10-12-27-13-11-24/h3-9H,10-15H2,1-2H3/p+1. The van der Waals surface area contributed by atoms with Crippen LogP contribution in [0.15, 0.2) is 42.5 Å². The van der Waals surface area contributed by atoms with Gasteiger partial charge in [-0.2, -0.15) is 0 Å². The molecule has 0 atom stereocenters. The molecule has 2 aromatic carbocycles. The van der Waals surface area contributed by atoms with Crippen molar-refractivity contribution in [2.45, 2.75) is 20.4 Å². The number of quaternary nitrogens is 1. The minimum Gasteiger partial charge on any atom is -0.370 e. The van der Waals surface area contributed by atoms with Gasteiger partial charge in [-0.15, -0.1) is 0 Å². The van der Waals surface area contributed by atoms with Crippen molar-refractivity contribution in [3.8, 4) is 0 Å². The van der Waals surface area contributed by atoms with E-state index in [-0.39, 0.29) is 5.91 Å². The Labute approximate surface area is 169 Å². The van der Waals surface area contributed by atoms with E-state index in [0.717, 1.165) is 47.2 Å². The highest BCUT2D eigenvalue weighted by Gasteiger charge is 2.26. The maximum atomic E-state index is 13.3. The summed E-state index contributed by atoms with van der Waals surface area (Å²) in [6.45, 7) is 8.42. The van der Waals surface area contributed by atoms with Crippen LogP contribution in [-0.2, 0) is 16.1 Å². The van der Waals surface area contributed by atoms with Gasteiger partial charge < -0.3 is 9.64 Å². The van der Waals surface area contributed by atoms with Crippen molar-refractivity contribution in [3.63, 3.8) is 0 Å². The summed E-state index contributed by atoms with van der Waals surface area (Å²) in [6.07, 6.45) is 0. The largest absolute Gasteiger partial charge is 0.370 e. The number of hydrogen-bond acceptors (Lipinski definition) is 4. The number of carbonyl (C=O) groups excluding carboxylic acids is 1. The van der Waals surface area contributed by atoms with Crippen molar-refractivity contribution >= 4 is 32.6 Å². The number of nitrogens with zero attached hydrogens (tertiary/aromatic N) is 2. The van der Waals surface area contributed by atoms with Gasteiger partial charge in [0.1, 0.15) is 13.1 Å². The van der Waals surface area contributed by atoms with Crippen molar-refractivity contribution in [1.82, 2.24) is 4.98 Å². The molecule has 5 nitrogen and oxygen atoms in total. The maximum absolute atomic E-state index is 13.3. The van der Waals surface area contributed by atoms with Gasteiger partial charge in [0, 0.05) is 0 Å². The zero-order chi connectivity index (χ0) is 19.5. The van der Waals surface area contributed by atoms with Crippen molar-refractivity contribution in [3.05, 3.63) is 59.2 Å². The van der Waals surface area contributed by atoms with Gasteiger partial charge in [0.2, 0.25) is 0 Å². The second-order valence-electron chi connectivity index (χ2n) is 7.36. The molecular formula is C22H26N3O2S+. The minimum absolute atomic E-state index is 0.120. The van der Waals surface area contributed by atoms with Gasteiger partial charge in [-0.1, -0.05) is 47.7 Å². The lowest BCUT2D eigenvalue weighted by molar-refractivity contribution is -0.900. The molecule has 146 valence electrons. The number of ether oxygens (including phenoxy) is 1. The lowest BCUT2D eigenvalue weighted by Gasteiger charge is -2.26. The van der Waals surface area contributed by atoms with Crippen molar-refractivity contribution < 1.29 is 14.4 Å². The van der Waals surface area contributed by atoms with Crippen molar-refractivity contribution in [2.75, 3.05) is 37.7 Å². The van der Waals surface area contributed by atoms with Gasteiger partial charge in [0.25, 0.3) is 5.91 Å². The first-order valence-electron chi connectivity index (χ1n) is 9.74. The lowest BCUT2D eigenvalue weighted by Crippen LogP contribution is -3.15. The first kappa shape index (κ1) is 19.1. The van der Waals surface area contributed by atoms with E-state index < -0.39 is 0 Å². The molecule has 1 aliphatic heterocycles. The van der Waals surface area contributed by atoms with Gasteiger partial charge in [0.05, 0.1) is 30.0 Å². The smallest absolute Gasteiger partial charge is 0.284 e. The van der Waals surface area contributed by atoms with Crippen LogP contribution in [0.1, 0.15) is 16.7 Å². The number of fused-ring (bicyclic) bond motifs is 1. The van der Waals surface area contributed by atoms with E-state index in [1.165, 1.54) is 16.0 Å². The molecule has 6 heteroatoms. The third kappa shape index (κ3) is 4.09. The summed E-state index contributed by atoms with van der Waals surface area (Å²) in [4.78, 5) is 21.3. The molecule has 1 fully saturated rings. The number of rotatable bonds is 5. The van der Waals surface area contributed by atoms with Crippen LogP contribution in [0.25, 0.3) is 10.2 Å². The Morgan fingerprint density at radius 3 is 2.64 bits per heavy atom. The van der Waals surface area contributed by atoms with Gasteiger partial charge >= 0.3 is 0 Å². The fraction of sp³-hybridized carbons (Fsp3) is 0.364. The van der Waals surface area contributed by atoms with Crippen LogP contribution in [-0.4, -0.2) is 43.7 Å². The lowest BCUT2D eigenvalue weighted by atomic mass is 10.1. The van der Waals surface area contributed by atoms with E-state index >= 15 is 0 Å². The Hall–Kier alpha value is -2.28. The normalized spacial score (nSPS) is 15.1. The van der Waals surface area contributed by atoms with E-state index in [0.29, 0.717) is 13.1 Å². The molecule has 0 bridgehead atoms. The van der Waals surface area contributed by atoms with Gasteiger partial charge in [0.15, 0.2) is 11.7 Å². The van der Waals surface area contributed by atoms with Crippen LogP contribution in [0.4, 0.5) is 5.13 Å². The Kier molecular flexibility index (Phi) is 5.71. The van der Waals surface area contributed by atoms with Gasteiger partial charge in [-0.25, -0.2) is 4.98 Å². The SMILES string of the molecule is Cc1ccc2sc(N(Cc3ccccc3)C(=O)C[NH+]3CCOCC3)nc2c1C. The molecule has 28 heavy (non-hydrogen) atoms. The maximum Gasteiger partial charge on any atom is 0.284 e. The molecule has 3 aromatic rings. The quantitative estimate of drug-likeness (QED) is 0.720. The molecule has 0 aliphatic carbocycles. The zero-order valence-electron chi connectivity index (χ0n) is 16.4. The molecule has 0 radical (unpaired) electrons. The molecular weight excluding hydrogens is 370 g/mol. The van der Waals surface area contributed by atoms with Crippen molar-refractivity contribution in [1.29, 1.82) is 0 Å². The molecule has 1 saturated heterocycles. The number of thiazole rings is 1. The molecule has 0 unspecified atom stereocenters. The van der Waals surface area contributed by atoms with Crippen LogP contribution >= 0.6 is 11.3 Å². The molecule has 2 heterocycles. The minimum atomic E-state index is 0.120. The molecule has 1 amide bonds. The summed E-state index contributed by atoms with van der Waals surface area (Å²) in [7, 11) is 0. The topological polar surface area (TPSA) is 46.9 Å². The van der Waals surface area contributed by atoms with Crippen molar-refractivity contribution in [2.24, 2.45) is 0 Å². The highest BCUT2D eigenvalue weighted by molar-refractivity contribution is 7.22. The Morgan fingerprint density at radius 1 is 1.14 bits per heavy atom. The molecule has 1 N–H and O–H groups in total. The first-order chi connectivity index (χ1) is 13.6. The van der Waals surface area contributed by atoms with E-state index in [2.05, 4.69) is 38.1 Å². The van der Waals surface area contributed by atoms with E-state index in [9.17, 15) is 4.79 Å². The summed E-state index contributed by atoms with van der Waals surface area (Å²) in [5.74, 6) is 0.120. The van der Waals surface area contributed by atoms with Crippen LogP contribution in [0.3, 0.4) is 0 Å². The zero-order valence-corrected chi connectivity index (χ0v) is 17.2. The average molecular weight is 397 g/mol. The molecule has 0 saturated carbocycles. The molecule has 1 aromatic heterocycles. The number of nitrogens with one attached hydrogen (secondary N) is 1. The summed E-state index contributed by atoms with van der Waals surface area (Å²) in [5.41, 5.74) is 4.53. The number of hydrogen-bond donors (Lipinski definition) is 1. The number of morpholine rings is 1. The molecule has 4 rings (SSSR count). The number of amides is 1. The number of benzene rings is 2. The van der Waals surface area contributed by atoms with Crippen LogP contribution in [0.2, 0.25) is 0 Å². The predicted octanol–water partition coefficient (Wildman–Crippen LogP) is 2.36. The Morgan fingerprint density at radius 2 is 1.89 bits per heavy atom. The summed E-state index contributed by atoms with van der Waals surface area (Å²) < 4.78 is 6.56. The highest BCUT2D eigenvalue weighted by Crippen LogP contribution is 2.32. The molecule has 0 spiro atoms. The fourth-order valence-corrected chi connectivity index (χ4v) is 4.55. The van der Waals surface area contributed by atoms with Crippen LogP contribution in [0.5, 0.6) is 0 Å². The second-order valence-corrected chi connectivity index (χ2v) is 8.36. The average Bonchev–Trinajstić information content (AvgIpc) is 3.15. The Bertz CT molecular complexity index is 965. The predicted molar refractivity (Wildman–Crippen MR) is 113 cm³/mol.